The molecule has 0 radical (unpaired) electrons. The van der Waals surface area contributed by atoms with Crippen LogP contribution in [0.5, 0.6) is 0 Å². The summed E-state index contributed by atoms with van der Waals surface area (Å²) in [6.45, 7) is 2.03. The van der Waals surface area contributed by atoms with Gasteiger partial charge in [0.25, 0.3) is 0 Å². The minimum absolute atomic E-state index is 0.406. The highest BCUT2D eigenvalue weighted by Crippen LogP contribution is 2.22. The summed E-state index contributed by atoms with van der Waals surface area (Å²) in [6.07, 6.45) is 1.08. The number of carboxylic acid groups (broad SMARTS) is 1. The number of hydrogen-bond acceptors (Lipinski definition) is 1. The van der Waals surface area contributed by atoms with Crippen LogP contribution in [-0.2, 0) is 17.6 Å². The van der Waals surface area contributed by atoms with Gasteiger partial charge in [-0.15, -0.1) is 0 Å². The van der Waals surface area contributed by atoms with Crippen molar-refractivity contribution < 1.29 is 9.90 Å². The van der Waals surface area contributed by atoms with Crippen LogP contribution in [0.15, 0.2) is 53.0 Å². The fourth-order valence-electron chi connectivity index (χ4n) is 2.18. The Balaban J connectivity index is 2.14. The van der Waals surface area contributed by atoms with Crippen LogP contribution < -0.4 is 0 Å². The lowest BCUT2D eigenvalue weighted by molar-refractivity contribution is -0.141. The van der Waals surface area contributed by atoms with Crippen molar-refractivity contribution in [2.45, 2.75) is 19.8 Å². The van der Waals surface area contributed by atoms with Crippen LogP contribution in [0.25, 0.3) is 0 Å². The van der Waals surface area contributed by atoms with Crippen molar-refractivity contribution in [2.75, 3.05) is 0 Å². The monoisotopic (exact) mass is 332 g/mol. The molecule has 2 rings (SSSR count). The zero-order valence-electron chi connectivity index (χ0n) is 11.3. The number of aliphatic carboxylic acids is 1. The standard InChI is InChI=1S/C17H17BrO2/c1-12-6-8-13(9-7-12)10-15(17(19)20)11-14-4-2-3-5-16(14)18/h2-9,15H,10-11H2,1H3,(H,19,20). The SMILES string of the molecule is Cc1ccc(CC(Cc2ccccc2Br)C(=O)O)cc1. The fraction of sp³-hybridized carbons (Fsp3) is 0.235. The van der Waals surface area contributed by atoms with Gasteiger partial charge in [-0.1, -0.05) is 64.0 Å². The maximum absolute atomic E-state index is 11.5. The van der Waals surface area contributed by atoms with E-state index in [-0.39, 0.29) is 0 Å². The van der Waals surface area contributed by atoms with E-state index in [1.165, 1.54) is 5.56 Å². The van der Waals surface area contributed by atoms with Crippen molar-refractivity contribution in [3.05, 3.63) is 69.7 Å². The molecule has 3 heteroatoms. The number of carbonyl (C=O) groups is 1. The molecular formula is C17H17BrO2. The van der Waals surface area contributed by atoms with Crippen molar-refractivity contribution in [3.63, 3.8) is 0 Å². The molecule has 1 N–H and O–H groups in total. The lowest BCUT2D eigenvalue weighted by Crippen LogP contribution is -2.19. The molecule has 0 heterocycles. The molecule has 0 aliphatic rings. The Hall–Kier alpha value is -1.61. The number of carboxylic acids is 1. The summed E-state index contributed by atoms with van der Waals surface area (Å²) < 4.78 is 0.968. The van der Waals surface area contributed by atoms with E-state index in [4.69, 9.17) is 0 Å². The Kier molecular flexibility index (Phi) is 4.96. The first kappa shape index (κ1) is 14.8. The van der Waals surface area contributed by atoms with Gasteiger partial charge < -0.3 is 5.11 Å². The quantitative estimate of drug-likeness (QED) is 0.888. The number of halogens is 1. The van der Waals surface area contributed by atoms with E-state index in [0.717, 1.165) is 15.6 Å². The van der Waals surface area contributed by atoms with Crippen LogP contribution in [-0.4, -0.2) is 11.1 Å². The van der Waals surface area contributed by atoms with Crippen LogP contribution in [0.3, 0.4) is 0 Å². The van der Waals surface area contributed by atoms with Crippen molar-refractivity contribution in [2.24, 2.45) is 5.92 Å². The molecule has 1 atom stereocenters. The van der Waals surface area contributed by atoms with E-state index in [9.17, 15) is 9.90 Å². The molecule has 2 aromatic rings. The molecule has 1 unspecified atom stereocenters. The van der Waals surface area contributed by atoms with Crippen molar-refractivity contribution in [1.29, 1.82) is 0 Å². The average molecular weight is 333 g/mol. The average Bonchev–Trinajstić information content (AvgIpc) is 2.42. The van der Waals surface area contributed by atoms with E-state index in [2.05, 4.69) is 15.9 Å². The normalized spacial score (nSPS) is 12.1. The summed E-state index contributed by atoms with van der Waals surface area (Å²) in [6, 6.07) is 15.8. The molecule has 0 aliphatic carbocycles. The number of rotatable bonds is 5. The molecule has 104 valence electrons. The Labute approximate surface area is 127 Å². The van der Waals surface area contributed by atoms with Gasteiger partial charge in [0.1, 0.15) is 0 Å². The smallest absolute Gasteiger partial charge is 0.307 e. The molecule has 0 aromatic heterocycles. The van der Waals surface area contributed by atoms with Gasteiger partial charge in [-0.05, 0) is 37.0 Å². The highest BCUT2D eigenvalue weighted by molar-refractivity contribution is 9.10. The van der Waals surface area contributed by atoms with Gasteiger partial charge in [0, 0.05) is 4.47 Å². The van der Waals surface area contributed by atoms with E-state index < -0.39 is 11.9 Å². The summed E-state index contributed by atoms with van der Waals surface area (Å²) >= 11 is 3.48. The van der Waals surface area contributed by atoms with Gasteiger partial charge in [0.05, 0.1) is 5.92 Å². The minimum Gasteiger partial charge on any atom is -0.481 e. The van der Waals surface area contributed by atoms with Gasteiger partial charge in [0.15, 0.2) is 0 Å². The molecule has 0 fully saturated rings. The van der Waals surface area contributed by atoms with Crippen molar-refractivity contribution >= 4 is 21.9 Å². The molecule has 2 nitrogen and oxygen atoms in total. The predicted octanol–water partition coefficient (Wildman–Crippen LogP) is 4.24. The third kappa shape index (κ3) is 3.94. The van der Waals surface area contributed by atoms with Crippen LogP contribution >= 0.6 is 15.9 Å². The summed E-state index contributed by atoms with van der Waals surface area (Å²) in [5.74, 6) is -1.15. The Bertz CT molecular complexity index is 590. The molecule has 0 bridgehead atoms. The van der Waals surface area contributed by atoms with Crippen molar-refractivity contribution in [1.82, 2.24) is 0 Å². The molecule has 20 heavy (non-hydrogen) atoms. The lowest BCUT2D eigenvalue weighted by atomic mass is 9.92. The van der Waals surface area contributed by atoms with E-state index in [1.54, 1.807) is 0 Å². The third-order valence-corrected chi connectivity index (χ3v) is 4.15. The van der Waals surface area contributed by atoms with Gasteiger partial charge in [-0.3, -0.25) is 4.79 Å². The molecule has 0 spiro atoms. The Morgan fingerprint density at radius 2 is 1.75 bits per heavy atom. The second-order valence-corrected chi connectivity index (χ2v) is 5.87. The first-order valence-corrected chi connectivity index (χ1v) is 7.37. The van der Waals surface area contributed by atoms with Gasteiger partial charge in [0.2, 0.25) is 0 Å². The van der Waals surface area contributed by atoms with Gasteiger partial charge in [-0.25, -0.2) is 0 Å². The van der Waals surface area contributed by atoms with Crippen LogP contribution in [0.4, 0.5) is 0 Å². The third-order valence-electron chi connectivity index (χ3n) is 3.38. The zero-order chi connectivity index (χ0) is 14.5. The maximum atomic E-state index is 11.5. The van der Waals surface area contributed by atoms with E-state index >= 15 is 0 Å². The van der Waals surface area contributed by atoms with E-state index in [1.807, 2.05) is 55.5 Å². The van der Waals surface area contributed by atoms with E-state index in [0.29, 0.717) is 12.8 Å². The summed E-state index contributed by atoms with van der Waals surface area (Å²) in [4.78, 5) is 11.5. The van der Waals surface area contributed by atoms with Crippen molar-refractivity contribution in [3.8, 4) is 0 Å². The minimum atomic E-state index is -0.749. The lowest BCUT2D eigenvalue weighted by Gasteiger charge is -2.14. The van der Waals surface area contributed by atoms with Crippen LogP contribution in [0.1, 0.15) is 16.7 Å². The summed E-state index contributed by atoms with van der Waals surface area (Å²) in [5.41, 5.74) is 3.29. The second-order valence-electron chi connectivity index (χ2n) is 5.02. The Morgan fingerprint density at radius 3 is 2.35 bits per heavy atom. The molecule has 0 aliphatic heterocycles. The Morgan fingerprint density at radius 1 is 1.10 bits per heavy atom. The molecule has 2 aromatic carbocycles. The number of aryl methyl sites for hydroxylation is 1. The second kappa shape index (κ2) is 6.71. The predicted molar refractivity (Wildman–Crippen MR) is 83.9 cm³/mol. The molecule has 0 saturated heterocycles. The maximum Gasteiger partial charge on any atom is 0.307 e. The summed E-state index contributed by atoms with van der Waals surface area (Å²) in [5, 5.41) is 9.43. The van der Waals surface area contributed by atoms with Gasteiger partial charge >= 0.3 is 5.97 Å². The summed E-state index contributed by atoms with van der Waals surface area (Å²) in [7, 11) is 0. The zero-order valence-corrected chi connectivity index (χ0v) is 12.9. The fourth-order valence-corrected chi connectivity index (χ4v) is 2.63. The number of hydrogen-bond donors (Lipinski definition) is 1. The largest absolute Gasteiger partial charge is 0.481 e. The molecule has 0 saturated carbocycles. The number of benzene rings is 2. The molecular weight excluding hydrogens is 316 g/mol. The van der Waals surface area contributed by atoms with Crippen LogP contribution in [0.2, 0.25) is 0 Å². The topological polar surface area (TPSA) is 37.3 Å². The highest BCUT2D eigenvalue weighted by atomic mass is 79.9. The molecule has 0 amide bonds. The highest BCUT2D eigenvalue weighted by Gasteiger charge is 2.19. The van der Waals surface area contributed by atoms with Gasteiger partial charge in [-0.2, -0.15) is 0 Å². The van der Waals surface area contributed by atoms with Crippen LogP contribution in [0, 0.1) is 12.8 Å². The first-order chi connectivity index (χ1) is 9.56. The first-order valence-electron chi connectivity index (χ1n) is 6.58.